The summed E-state index contributed by atoms with van der Waals surface area (Å²) < 4.78 is 0. The number of hydrogen-bond acceptors (Lipinski definition) is 5. The van der Waals surface area contributed by atoms with E-state index in [2.05, 4.69) is 22.2 Å². The molecule has 0 spiro atoms. The highest BCUT2D eigenvalue weighted by molar-refractivity contribution is 7.19. The molecule has 0 fully saturated rings. The number of aromatic nitrogens is 2. The Morgan fingerprint density at radius 1 is 1.27 bits per heavy atom. The van der Waals surface area contributed by atoms with Crippen LogP contribution in [0.15, 0.2) is 0 Å². The smallest absolute Gasteiger partial charge is 0.138 e. The average Bonchev–Trinajstić information content (AvgIpc) is 2.83. The van der Waals surface area contributed by atoms with E-state index in [0.717, 1.165) is 54.6 Å². The van der Waals surface area contributed by atoms with Crippen LogP contribution in [-0.4, -0.2) is 28.2 Å². The van der Waals surface area contributed by atoms with Gasteiger partial charge in [0.1, 0.15) is 16.5 Å². The molecule has 1 aliphatic carbocycles. The van der Waals surface area contributed by atoms with Crippen molar-refractivity contribution in [3.05, 3.63) is 16.3 Å². The van der Waals surface area contributed by atoms with Gasteiger partial charge in [0.15, 0.2) is 0 Å². The maximum atomic E-state index is 8.85. The van der Waals surface area contributed by atoms with Crippen LogP contribution in [0.25, 0.3) is 10.2 Å². The molecule has 2 aromatic rings. The SMILES string of the molecule is Cc1nc(NCCCCCO)c2c3c(sc2n1)CC(C)CC3. The zero-order chi connectivity index (χ0) is 15.5. The summed E-state index contributed by atoms with van der Waals surface area (Å²) in [7, 11) is 0. The van der Waals surface area contributed by atoms with Crippen LogP contribution in [0.4, 0.5) is 5.82 Å². The summed E-state index contributed by atoms with van der Waals surface area (Å²) in [6.07, 6.45) is 6.60. The van der Waals surface area contributed by atoms with E-state index >= 15 is 0 Å². The lowest BCUT2D eigenvalue weighted by Gasteiger charge is -2.18. The number of nitrogens with zero attached hydrogens (tertiary/aromatic N) is 2. The molecule has 2 heterocycles. The maximum absolute atomic E-state index is 8.85. The number of aryl methyl sites for hydroxylation is 2. The topological polar surface area (TPSA) is 58.0 Å². The molecule has 1 unspecified atom stereocenters. The molecule has 1 aliphatic rings. The quantitative estimate of drug-likeness (QED) is 0.797. The third-order valence-corrected chi connectivity index (χ3v) is 5.54. The van der Waals surface area contributed by atoms with Crippen molar-refractivity contribution >= 4 is 27.4 Å². The number of aliphatic hydroxyl groups is 1. The lowest BCUT2D eigenvalue weighted by atomic mass is 9.89. The highest BCUT2D eigenvalue weighted by Gasteiger charge is 2.23. The maximum Gasteiger partial charge on any atom is 0.138 e. The van der Waals surface area contributed by atoms with Crippen LogP contribution in [0.5, 0.6) is 0 Å². The molecular formula is C17H25N3OS. The van der Waals surface area contributed by atoms with Crippen molar-refractivity contribution in [3.63, 3.8) is 0 Å². The number of hydrogen-bond donors (Lipinski definition) is 2. The molecule has 2 aromatic heterocycles. The fourth-order valence-electron chi connectivity index (χ4n) is 3.20. The Hall–Kier alpha value is -1.20. The largest absolute Gasteiger partial charge is 0.396 e. The Balaban J connectivity index is 1.85. The Morgan fingerprint density at radius 3 is 2.95 bits per heavy atom. The fraction of sp³-hybridized carbons (Fsp3) is 0.647. The summed E-state index contributed by atoms with van der Waals surface area (Å²) in [5, 5.41) is 13.6. The molecule has 0 bridgehead atoms. The molecule has 0 radical (unpaired) electrons. The Labute approximate surface area is 136 Å². The number of thiophene rings is 1. The predicted octanol–water partition coefficient (Wildman–Crippen LogP) is 3.70. The van der Waals surface area contributed by atoms with Crippen LogP contribution >= 0.6 is 11.3 Å². The molecule has 0 amide bonds. The summed E-state index contributed by atoms with van der Waals surface area (Å²) in [5.74, 6) is 2.64. The van der Waals surface area contributed by atoms with E-state index in [4.69, 9.17) is 5.11 Å². The van der Waals surface area contributed by atoms with Gasteiger partial charge in [-0.1, -0.05) is 6.92 Å². The number of nitrogens with one attached hydrogen (secondary N) is 1. The van der Waals surface area contributed by atoms with Crippen LogP contribution in [0.1, 0.15) is 48.9 Å². The van der Waals surface area contributed by atoms with Gasteiger partial charge < -0.3 is 10.4 Å². The van der Waals surface area contributed by atoms with Crippen LogP contribution in [0, 0.1) is 12.8 Å². The van der Waals surface area contributed by atoms with Crippen molar-refractivity contribution in [3.8, 4) is 0 Å². The minimum Gasteiger partial charge on any atom is -0.396 e. The van der Waals surface area contributed by atoms with Gasteiger partial charge in [0, 0.05) is 18.0 Å². The van der Waals surface area contributed by atoms with E-state index in [0.29, 0.717) is 0 Å². The first-order chi connectivity index (χ1) is 10.7. The van der Waals surface area contributed by atoms with Crippen LogP contribution in [0.3, 0.4) is 0 Å². The highest BCUT2D eigenvalue weighted by atomic mass is 32.1. The van der Waals surface area contributed by atoms with Gasteiger partial charge in [0.2, 0.25) is 0 Å². The van der Waals surface area contributed by atoms with Gasteiger partial charge >= 0.3 is 0 Å². The minimum absolute atomic E-state index is 0.285. The lowest BCUT2D eigenvalue weighted by Crippen LogP contribution is -2.10. The monoisotopic (exact) mass is 319 g/mol. The van der Waals surface area contributed by atoms with Crippen molar-refractivity contribution < 1.29 is 5.11 Å². The molecule has 0 saturated carbocycles. The van der Waals surface area contributed by atoms with Gasteiger partial charge in [-0.2, -0.15) is 0 Å². The van der Waals surface area contributed by atoms with Crippen molar-refractivity contribution in [2.45, 2.75) is 52.4 Å². The number of rotatable bonds is 6. The first-order valence-corrected chi connectivity index (χ1v) is 9.14. The van der Waals surface area contributed by atoms with Gasteiger partial charge in [0.25, 0.3) is 0 Å². The van der Waals surface area contributed by atoms with E-state index in [-0.39, 0.29) is 6.61 Å². The van der Waals surface area contributed by atoms with Gasteiger partial charge in [-0.3, -0.25) is 0 Å². The van der Waals surface area contributed by atoms with E-state index < -0.39 is 0 Å². The van der Waals surface area contributed by atoms with E-state index in [9.17, 15) is 0 Å². The first-order valence-electron chi connectivity index (χ1n) is 8.32. The molecule has 5 heteroatoms. The minimum atomic E-state index is 0.285. The third-order valence-electron chi connectivity index (χ3n) is 4.39. The summed E-state index contributed by atoms with van der Waals surface area (Å²) in [4.78, 5) is 12.0. The zero-order valence-electron chi connectivity index (χ0n) is 13.5. The van der Waals surface area contributed by atoms with Gasteiger partial charge in [-0.05, 0) is 56.9 Å². The molecule has 0 saturated heterocycles. The first kappa shape index (κ1) is 15.7. The van der Waals surface area contributed by atoms with Crippen LogP contribution in [-0.2, 0) is 12.8 Å². The molecule has 0 aliphatic heterocycles. The molecule has 1 atom stereocenters. The third kappa shape index (κ3) is 3.25. The Morgan fingerprint density at radius 2 is 2.14 bits per heavy atom. The second-order valence-corrected chi connectivity index (χ2v) is 7.45. The average molecular weight is 319 g/mol. The number of unbranched alkanes of at least 4 members (excludes halogenated alkanes) is 2. The standard InChI is InChI=1S/C17H25N3OS/c1-11-6-7-13-14(10-11)22-17-15(13)16(19-12(2)20-17)18-8-4-3-5-9-21/h11,21H,3-10H2,1-2H3,(H,18,19,20). The number of aliphatic hydroxyl groups excluding tert-OH is 1. The van der Waals surface area contributed by atoms with Crippen LogP contribution in [0.2, 0.25) is 0 Å². The van der Waals surface area contributed by atoms with Gasteiger partial charge in [-0.15, -0.1) is 11.3 Å². The summed E-state index contributed by atoms with van der Waals surface area (Å²) >= 11 is 1.85. The summed E-state index contributed by atoms with van der Waals surface area (Å²) in [5.41, 5.74) is 1.48. The van der Waals surface area contributed by atoms with Crippen molar-refractivity contribution in [1.29, 1.82) is 0 Å². The zero-order valence-corrected chi connectivity index (χ0v) is 14.3. The Bertz CT molecular complexity index is 653. The molecule has 4 nitrogen and oxygen atoms in total. The molecular weight excluding hydrogens is 294 g/mol. The van der Waals surface area contributed by atoms with Crippen molar-refractivity contribution in [2.75, 3.05) is 18.5 Å². The molecule has 0 aromatic carbocycles. The number of anilines is 1. The van der Waals surface area contributed by atoms with Gasteiger partial charge in [-0.25, -0.2) is 9.97 Å². The van der Waals surface area contributed by atoms with Crippen molar-refractivity contribution in [2.24, 2.45) is 5.92 Å². The predicted molar refractivity (Wildman–Crippen MR) is 92.8 cm³/mol. The molecule has 22 heavy (non-hydrogen) atoms. The van der Waals surface area contributed by atoms with Crippen LogP contribution < -0.4 is 5.32 Å². The second-order valence-electron chi connectivity index (χ2n) is 6.36. The Kier molecular flexibility index (Phi) is 4.93. The van der Waals surface area contributed by atoms with E-state index in [1.807, 2.05) is 18.3 Å². The summed E-state index contributed by atoms with van der Waals surface area (Å²) in [6, 6.07) is 0. The summed E-state index contributed by atoms with van der Waals surface area (Å²) in [6.45, 7) is 5.50. The fourth-order valence-corrected chi connectivity index (χ4v) is 4.63. The van der Waals surface area contributed by atoms with Crippen molar-refractivity contribution in [1.82, 2.24) is 9.97 Å². The van der Waals surface area contributed by atoms with Gasteiger partial charge in [0.05, 0.1) is 5.39 Å². The van der Waals surface area contributed by atoms with E-state index in [1.165, 1.54) is 28.7 Å². The normalized spacial score (nSPS) is 17.7. The molecule has 120 valence electrons. The second kappa shape index (κ2) is 6.92. The number of fused-ring (bicyclic) bond motifs is 3. The van der Waals surface area contributed by atoms with E-state index in [1.54, 1.807) is 0 Å². The molecule has 3 rings (SSSR count). The lowest BCUT2D eigenvalue weighted by molar-refractivity contribution is 0.283. The molecule has 2 N–H and O–H groups in total. The highest BCUT2D eigenvalue weighted by Crippen LogP contribution is 2.39.